The van der Waals surface area contributed by atoms with E-state index in [0.29, 0.717) is 12.0 Å². The number of hydrogen-bond acceptors (Lipinski definition) is 1. The van der Waals surface area contributed by atoms with Gasteiger partial charge >= 0.3 is 0 Å². The third-order valence-electron chi connectivity index (χ3n) is 2.49. The second-order valence-electron chi connectivity index (χ2n) is 3.18. The predicted octanol–water partition coefficient (Wildman–Crippen LogP) is 0.134. The van der Waals surface area contributed by atoms with Crippen molar-refractivity contribution in [1.29, 1.82) is 0 Å². The van der Waals surface area contributed by atoms with Crippen molar-refractivity contribution in [3.63, 3.8) is 0 Å². The summed E-state index contributed by atoms with van der Waals surface area (Å²) in [5.74, 6) is 0.713. The lowest BCUT2D eigenvalue weighted by Gasteiger charge is -2.39. The summed E-state index contributed by atoms with van der Waals surface area (Å²) in [6, 6.07) is 0.301. The quantitative estimate of drug-likeness (QED) is 0.492. The molecule has 3 atom stereocenters. The van der Waals surface area contributed by atoms with Crippen LogP contribution in [-0.4, -0.2) is 23.8 Å². The molecule has 0 aromatic carbocycles. The molecule has 0 spiro atoms. The van der Waals surface area contributed by atoms with Crippen LogP contribution in [0, 0.1) is 5.92 Å². The second-order valence-corrected chi connectivity index (χ2v) is 3.18. The fourth-order valence-electron chi connectivity index (χ4n) is 1.88. The number of piperidine rings is 2. The molecule has 1 saturated carbocycles. The van der Waals surface area contributed by atoms with E-state index in [2.05, 4.69) is 5.32 Å². The van der Waals surface area contributed by atoms with Crippen LogP contribution in [0.3, 0.4) is 0 Å². The molecule has 1 radical (unpaired) electrons. The van der Waals surface area contributed by atoms with Crippen LogP contribution in [0.15, 0.2) is 0 Å². The van der Waals surface area contributed by atoms with Crippen LogP contribution in [0.4, 0.5) is 0 Å². The van der Waals surface area contributed by atoms with Gasteiger partial charge < -0.3 is 5.11 Å². The van der Waals surface area contributed by atoms with Crippen LogP contribution in [0.1, 0.15) is 19.3 Å². The van der Waals surface area contributed by atoms with E-state index < -0.39 is 0 Å². The minimum atomic E-state index is -0.0995. The normalized spacial score (nSPS) is 49.7. The first-order valence-corrected chi connectivity index (χ1v) is 3.71. The fourth-order valence-corrected chi connectivity index (χ4v) is 1.88. The summed E-state index contributed by atoms with van der Waals surface area (Å²) in [6.45, 7) is 1.02. The third-order valence-corrected chi connectivity index (χ3v) is 2.49. The third kappa shape index (κ3) is 0.864. The Balaban J connectivity index is 2.06. The maximum absolute atomic E-state index is 9.31. The van der Waals surface area contributed by atoms with Gasteiger partial charge in [-0.3, -0.25) is 0 Å². The van der Waals surface area contributed by atoms with Crippen molar-refractivity contribution in [2.45, 2.75) is 31.4 Å². The monoisotopic (exact) mass is 126 g/mol. The van der Waals surface area contributed by atoms with Crippen LogP contribution in [0.2, 0.25) is 0 Å². The molecule has 3 rings (SSSR count). The number of aliphatic hydroxyl groups is 1. The van der Waals surface area contributed by atoms with Crippen molar-refractivity contribution in [2.24, 2.45) is 5.92 Å². The molecule has 3 aliphatic rings. The molecule has 2 nitrogen and oxygen atoms in total. The van der Waals surface area contributed by atoms with Gasteiger partial charge in [0.15, 0.2) is 0 Å². The van der Waals surface area contributed by atoms with E-state index >= 15 is 0 Å². The molecule has 1 aliphatic carbocycles. The van der Waals surface area contributed by atoms with E-state index in [0.717, 1.165) is 19.4 Å². The van der Waals surface area contributed by atoms with Gasteiger partial charge in [-0.1, -0.05) is 0 Å². The van der Waals surface area contributed by atoms with Gasteiger partial charge in [0.25, 0.3) is 0 Å². The summed E-state index contributed by atoms with van der Waals surface area (Å²) in [7, 11) is 0. The molecule has 0 aromatic heterocycles. The van der Waals surface area contributed by atoms with E-state index in [1.807, 2.05) is 0 Å². The van der Waals surface area contributed by atoms with Crippen LogP contribution in [0.5, 0.6) is 0 Å². The summed E-state index contributed by atoms with van der Waals surface area (Å²) < 4.78 is 0. The molecular weight excluding hydrogens is 114 g/mol. The highest BCUT2D eigenvalue weighted by atomic mass is 16.3. The maximum atomic E-state index is 9.31. The standard InChI is InChI=1S/C7H12NO/c9-7-3-5-1-2-6(7)8-4-5/h5-7,9H,1-4H2. The Morgan fingerprint density at radius 1 is 1.33 bits per heavy atom. The molecule has 2 saturated heterocycles. The van der Waals surface area contributed by atoms with Gasteiger partial charge in [0.2, 0.25) is 0 Å². The van der Waals surface area contributed by atoms with Crippen LogP contribution >= 0.6 is 0 Å². The smallest absolute Gasteiger partial charge is 0.0712 e. The lowest BCUT2D eigenvalue weighted by atomic mass is 9.80. The average molecular weight is 126 g/mol. The minimum Gasteiger partial charge on any atom is -0.391 e. The van der Waals surface area contributed by atoms with E-state index in [1.54, 1.807) is 0 Å². The summed E-state index contributed by atoms with van der Waals surface area (Å²) in [5, 5.41) is 13.6. The Morgan fingerprint density at radius 3 is 2.44 bits per heavy atom. The first-order chi connectivity index (χ1) is 4.36. The molecule has 3 fully saturated rings. The van der Waals surface area contributed by atoms with Gasteiger partial charge in [0.05, 0.1) is 12.1 Å². The van der Waals surface area contributed by atoms with Gasteiger partial charge in [0, 0.05) is 6.54 Å². The Bertz CT molecular complexity index is 107. The summed E-state index contributed by atoms with van der Waals surface area (Å²) >= 11 is 0. The van der Waals surface area contributed by atoms with E-state index in [1.165, 1.54) is 6.42 Å². The van der Waals surface area contributed by atoms with Crippen molar-refractivity contribution < 1.29 is 5.11 Å². The number of aliphatic hydroxyl groups excluding tert-OH is 1. The van der Waals surface area contributed by atoms with E-state index in [-0.39, 0.29) is 6.10 Å². The van der Waals surface area contributed by atoms with Gasteiger partial charge in [-0.05, 0) is 25.2 Å². The molecule has 2 heteroatoms. The second kappa shape index (κ2) is 1.96. The molecular formula is C7H12NO. The number of hydrogen-bond donors (Lipinski definition) is 1. The van der Waals surface area contributed by atoms with Crippen LogP contribution < -0.4 is 5.32 Å². The molecule has 0 amide bonds. The zero-order valence-electron chi connectivity index (χ0n) is 5.45. The summed E-state index contributed by atoms with van der Waals surface area (Å²) in [6.07, 6.45) is 3.34. The topological polar surface area (TPSA) is 34.3 Å². The Morgan fingerprint density at radius 2 is 2.22 bits per heavy atom. The van der Waals surface area contributed by atoms with Crippen LogP contribution in [-0.2, 0) is 0 Å². The first kappa shape index (κ1) is 5.69. The fraction of sp³-hybridized carbons (Fsp3) is 1.00. The highest BCUT2D eigenvalue weighted by molar-refractivity contribution is 4.90. The van der Waals surface area contributed by atoms with Gasteiger partial charge in [0.1, 0.15) is 0 Å². The van der Waals surface area contributed by atoms with Crippen molar-refractivity contribution in [2.75, 3.05) is 6.54 Å². The van der Waals surface area contributed by atoms with Gasteiger partial charge in [-0.15, -0.1) is 0 Å². The Hall–Kier alpha value is -0.0800. The van der Waals surface area contributed by atoms with E-state index in [4.69, 9.17) is 0 Å². The summed E-state index contributed by atoms with van der Waals surface area (Å²) in [4.78, 5) is 0. The molecule has 3 unspecified atom stereocenters. The first-order valence-electron chi connectivity index (χ1n) is 3.71. The van der Waals surface area contributed by atoms with Crippen molar-refractivity contribution in [1.82, 2.24) is 5.32 Å². The zero-order valence-corrected chi connectivity index (χ0v) is 5.45. The lowest BCUT2D eigenvalue weighted by Crippen LogP contribution is -2.48. The van der Waals surface area contributed by atoms with Crippen LogP contribution in [0.25, 0.3) is 0 Å². The number of nitrogens with zero attached hydrogens (tertiary/aromatic N) is 1. The highest BCUT2D eigenvalue weighted by Gasteiger charge is 2.34. The molecule has 1 N–H and O–H groups in total. The van der Waals surface area contributed by atoms with Gasteiger partial charge in [-0.25, -0.2) is 5.32 Å². The lowest BCUT2D eigenvalue weighted by molar-refractivity contribution is 0.0290. The van der Waals surface area contributed by atoms with Crippen molar-refractivity contribution >= 4 is 0 Å². The SMILES string of the molecule is OC1CC2CCC1[N]C2. The zero-order chi connectivity index (χ0) is 6.27. The van der Waals surface area contributed by atoms with Crippen molar-refractivity contribution in [3.8, 4) is 0 Å². The maximum Gasteiger partial charge on any atom is 0.0712 e. The average Bonchev–Trinajstić information content (AvgIpc) is 1.90. The predicted molar refractivity (Wildman–Crippen MR) is 34.1 cm³/mol. The van der Waals surface area contributed by atoms with Gasteiger partial charge in [-0.2, -0.15) is 0 Å². The Labute approximate surface area is 55.3 Å². The molecule has 2 aliphatic heterocycles. The number of fused-ring (bicyclic) bond motifs is 3. The minimum absolute atomic E-state index is 0.0995. The Kier molecular flexibility index (Phi) is 1.24. The highest BCUT2D eigenvalue weighted by Crippen LogP contribution is 2.29. The number of rotatable bonds is 0. The molecule has 2 heterocycles. The van der Waals surface area contributed by atoms with Crippen molar-refractivity contribution in [3.05, 3.63) is 0 Å². The van der Waals surface area contributed by atoms with E-state index in [9.17, 15) is 5.11 Å². The summed E-state index contributed by atoms with van der Waals surface area (Å²) in [5.41, 5.74) is 0. The molecule has 0 aromatic rings. The molecule has 51 valence electrons. The molecule has 9 heavy (non-hydrogen) atoms. The largest absolute Gasteiger partial charge is 0.391 e. The molecule has 2 bridgehead atoms.